The van der Waals surface area contributed by atoms with Gasteiger partial charge >= 0.3 is 12.0 Å². The number of halogens is 2. The van der Waals surface area contributed by atoms with Crippen molar-refractivity contribution < 1.29 is 47.4 Å². The number of carbonyl (C=O) groups is 6. The predicted molar refractivity (Wildman–Crippen MR) is 219 cm³/mol. The standard InChI is InChI=1S/C43H56F2N8O8/c1-23-16-35-42(59)61-25(3)36(41(58)52-14-7-9-33(52)40(57)51-13-6-5-8-32(51)38(55)46-24(2)39(56)53(35)22-23)49-37(54)31(19-26-17-28(44)20-29(45)18-26)48-43(60)47-30-11-10-27-12-15-50(4)34(27)21-30/h10-11,17-18,20-21,23-25,31-33,35-36,39,56H,5-9,12-16,19,22H2,1-4H3,(H,46,55)(H,49,54)(H2,47,48,60)/t23-,24+,25+,31+,32+,33+,35+,36+,39?/m1/s1. The fourth-order valence-electron chi connectivity index (χ4n) is 9.49. The van der Waals surface area contributed by atoms with Gasteiger partial charge in [0.2, 0.25) is 23.6 Å². The summed E-state index contributed by atoms with van der Waals surface area (Å²) in [6, 6.07) is 0.587. The first-order chi connectivity index (χ1) is 29.1. The second kappa shape index (κ2) is 18.3. The number of hydrogen-bond acceptors (Lipinski definition) is 10. The lowest BCUT2D eigenvalue weighted by Gasteiger charge is -2.40. The molecular formula is C43H56F2N8O8. The van der Waals surface area contributed by atoms with Crippen LogP contribution in [-0.2, 0) is 41.6 Å². The molecule has 61 heavy (non-hydrogen) atoms. The normalized spacial score (nSPS) is 29.2. The van der Waals surface area contributed by atoms with E-state index in [-0.39, 0.29) is 31.0 Å². The maximum Gasteiger partial charge on any atom is 0.323 e. The fraction of sp³-hybridized carbons (Fsp3) is 0.581. The zero-order valence-electron chi connectivity index (χ0n) is 35.0. The van der Waals surface area contributed by atoms with Crippen LogP contribution in [0.2, 0.25) is 0 Å². The minimum atomic E-state index is -1.60. The second-order valence-electron chi connectivity index (χ2n) is 17.3. The van der Waals surface area contributed by atoms with Crippen LogP contribution in [0.4, 0.5) is 25.0 Å². The van der Waals surface area contributed by atoms with Crippen LogP contribution in [0.5, 0.6) is 0 Å². The molecule has 16 nitrogen and oxygen atoms in total. The van der Waals surface area contributed by atoms with E-state index < -0.39 is 102 Å². The summed E-state index contributed by atoms with van der Waals surface area (Å²) in [5, 5.41) is 22.4. The van der Waals surface area contributed by atoms with Crippen molar-refractivity contribution >= 4 is 47.0 Å². The van der Waals surface area contributed by atoms with Crippen molar-refractivity contribution in [2.45, 2.75) is 121 Å². The topological polar surface area (TPSA) is 193 Å². The molecule has 0 saturated carbocycles. The Balaban J connectivity index is 1.20. The molecule has 0 bridgehead atoms. The van der Waals surface area contributed by atoms with E-state index in [0.29, 0.717) is 50.4 Å². The number of benzene rings is 2. The predicted octanol–water partition coefficient (Wildman–Crippen LogP) is 2.03. The van der Waals surface area contributed by atoms with Crippen LogP contribution in [0.15, 0.2) is 36.4 Å². The van der Waals surface area contributed by atoms with E-state index in [4.69, 9.17) is 4.74 Å². The Morgan fingerprint density at radius 3 is 2.36 bits per heavy atom. The molecule has 0 aliphatic carbocycles. The number of amides is 6. The lowest BCUT2D eigenvalue weighted by Crippen LogP contribution is -2.63. The number of fused-ring (bicyclic) bond motifs is 4. The Morgan fingerprint density at radius 1 is 0.902 bits per heavy atom. The molecule has 6 amide bonds. The van der Waals surface area contributed by atoms with Crippen LogP contribution in [0.25, 0.3) is 0 Å². The Hall–Kier alpha value is -5.36. The molecule has 5 N–H and O–H groups in total. The highest BCUT2D eigenvalue weighted by molar-refractivity contribution is 5.98. The average molecular weight is 851 g/mol. The third-order valence-corrected chi connectivity index (χ3v) is 12.7. The molecule has 0 spiro atoms. The minimum Gasteiger partial charge on any atom is -0.459 e. The zero-order valence-corrected chi connectivity index (χ0v) is 35.0. The number of rotatable bonds is 6. The summed E-state index contributed by atoms with van der Waals surface area (Å²) in [6.45, 7) is 6.50. The number of cyclic esters (lactones) is 1. The second-order valence-corrected chi connectivity index (χ2v) is 17.3. The van der Waals surface area contributed by atoms with Gasteiger partial charge in [0.05, 0.1) is 6.04 Å². The number of likely N-dealkylation sites (N-methyl/N-ethyl adjacent to an activating group) is 1. The fourth-order valence-corrected chi connectivity index (χ4v) is 9.49. The molecule has 4 fully saturated rings. The van der Waals surface area contributed by atoms with Crippen molar-refractivity contribution in [1.82, 2.24) is 30.7 Å². The number of nitrogens with one attached hydrogen (secondary N) is 4. The lowest BCUT2D eigenvalue weighted by molar-refractivity contribution is -0.164. The molecule has 2 aromatic rings. The molecule has 330 valence electrons. The van der Waals surface area contributed by atoms with Crippen molar-refractivity contribution in [2.24, 2.45) is 5.92 Å². The molecule has 5 heterocycles. The number of urea groups is 1. The van der Waals surface area contributed by atoms with Crippen LogP contribution < -0.4 is 26.2 Å². The number of anilines is 2. The number of esters is 1. The van der Waals surface area contributed by atoms with E-state index in [1.54, 1.807) is 24.0 Å². The number of piperidine rings is 1. The first-order valence-electron chi connectivity index (χ1n) is 21.3. The number of ether oxygens (including phenoxy) is 1. The van der Waals surface area contributed by atoms with Crippen LogP contribution >= 0.6 is 0 Å². The van der Waals surface area contributed by atoms with Crippen molar-refractivity contribution in [3.63, 3.8) is 0 Å². The average Bonchev–Trinajstić information content (AvgIpc) is 3.96. The lowest BCUT2D eigenvalue weighted by atomic mass is 9.99. The van der Waals surface area contributed by atoms with Gasteiger partial charge in [-0.1, -0.05) is 13.0 Å². The van der Waals surface area contributed by atoms with E-state index >= 15 is 0 Å². The number of nitrogens with zero attached hydrogens (tertiary/aromatic N) is 4. The highest BCUT2D eigenvalue weighted by Gasteiger charge is 2.47. The summed E-state index contributed by atoms with van der Waals surface area (Å²) in [6.07, 6.45) is 0.552. The molecule has 1 unspecified atom stereocenters. The molecule has 4 saturated heterocycles. The van der Waals surface area contributed by atoms with Crippen molar-refractivity contribution in [3.05, 3.63) is 59.2 Å². The monoisotopic (exact) mass is 850 g/mol. The summed E-state index contributed by atoms with van der Waals surface area (Å²) in [7, 11) is 1.93. The Kier molecular flexibility index (Phi) is 13.1. The third-order valence-electron chi connectivity index (χ3n) is 12.7. The van der Waals surface area contributed by atoms with Gasteiger partial charge in [0, 0.05) is 57.1 Å². The number of carbonyl (C=O) groups excluding carboxylic acids is 6. The molecule has 2 aromatic carbocycles. The van der Waals surface area contributed by atoms with Crippen molar-refractivity contribution in [2.75, 3.05) is 43.4 Å². The number of hydrogen-bond donors (Lipinski definition) is 5. The van der Waals surface area contributed by atoms with E-state index in [1.807, 2.05) is 24.9 Å². The Labute approximate surface area is 353 Å². The molecular weight excluding hydrogens is 795 g/mol. The molecule has 0 aromatic heterocycles. The first kappa shape index (κ1) is 43.7. The zero-order chi connectivity index (χ0) is 43.7. The quantitative estimate of drug-likeness (QED) is 0.269. The Morgan fingerprint density at radius 2 is 1.61 bits per heavy atom. The van der Waals surface area contributed by atoms with E-state index in [1.165, 1.54) is 16.7 Å². The summed E-state index contributed by atoms with van der Waals surface area (Å²) >= 11 is 0. The van der Waals surface area contributed by atoms with Crippen LogP contribution in [0.1, 0.15) is 70.4 Å². The summed E-state index contributed by atoms with van der Waals surface area (Å²) < 4.78 is 34.8. The molecule has 9 atom stereocenters. The van der Waals surface area contributed by atoms with Gasteiger partial charge in [0.25, 0.3) is 0 Å². The molecule has 0 radical (unpaired) electrons. The Bertz CT molecular complexity index is 2020. The molecule has 18 heteroatoms. The smallest absolute Gasteiger partial charge is 0.323 e. The van der Waals surface area contributed by atoms with Gasteiger partial charge in [0.15, 0.2) is 0 Å². The van der Waals surface area contributed by atoms with Crippen LogP contribution in [0.3, 0.4) is 0 Å². The van der Waals surface area contributed by atoms with E-state index in [0.717, 1.165) is 36.3 Å². The summed E-state index contributed by atoms with van der Waals surface area (Å²) in [5.41, 5.74) is 2.51. The molecule has 5 aliphatic rings. The molecule has 7 rings (SSSR count). The molecule has 5 aliphatic heterocycles. The van der Waals surface area contributed by atoms with Gasteiger partial charge in [-0.3, -0.25) is 28.9 Å². The van der Waals surface area contributed by atoms with Gasteiger partial charge in [0.1, 0.15) is 54.2 Å². The summed E-state index contributed by atoms with van der Waals surface area (Å²) in [5.74, 6) is -5.17. The van der Waals surface area contributed by atoms with Crippen LogP contribution in [-0.4, -0.2) is 137 Å². The summed E-state index contributed by atoms with van der Waals surface area (Å²) in [4.78, 5) is 91.4. The SMILES string of the molecule is C[C@@H]1C[C@H]2C(=O)O[C@@H](C)[C@H](NC(=O)[C@H](Cc3cc(F)cc(F)c3)NC(=O)Nc3ccc4c(c3)N(C)CC4)C(=O)N3CCC[C@H]3C(=O)N3CCCC[C@H]3C(=O)N[C@@H](C)C(O)N2C1. The van der Waals surface area contributed by atoms with E-state index in [2.05, 4.69) is 21.3 Å². The van der Waals surface area contributed by atoms with Gasteiger partial charge in [-0.25, -0.2) is 13.6 Å². The largest absolute Gasteiger partial charge is 0.459 e. The van der Waals surface area contributed by atoms with Crippen LogP contribution in [0, 0.1) is 17.6 Å². The first-order valence-corrected chi connectivity index (χ1v) is 21.3. The van der Waals surface area contributed by atoms with Gasteiger partial charge in [-0.2, -0.15) is 0 Å². The van der Waals surface area contributed by atoms with Gasteiger partial charge in [-0.15, -0.1) is 0 Å². The number of aliphatic hydroxyl groups excluding tert-OH is 1. The van der Waals surface area contributed by atoms with Gasteiger partial charge < -0.3 is 45.8 Å². The highest BCUT2D eigenvalue weighted by Crippen LogP contribution is 2.31. The highest BCUT2D eigenvalue weighted by atomic mass is 19.1. The van der Waals surface area contributed by atoms with Crippen molar-refractivity contribution in [3.8, 4) is 0 Å². The van der Waals surface area contributed by atoms with Gasteiger partial charge in [-0.05, 0) is 100 Å². The van der Waals surface area contributed by atoms with E-state index in [9.17, 15) is 42.7 Å². The van der Waals surface area contributed by atoms with Crippen molar-refractivity contribution in [1.29, 1.82) is 0 Å². The third kappa shape index (κ3) is 9.59. The maximum absolute atomic E-state index is 14.8. The minimum absolute atomic E-state index is 0.0365. The maximum atomic E-state index is 14.8. The number of aliphatic hydroxyl groups is 1.